The van der Waals surface area contributed by atoms with Crippen molar-refractivity contribution < 1.29 is 13.2 Å². The van der Waals surface area contributed by atoms with Crippen LogP contribution in [0.1, 0.15) is 30.9 Å². The molecule has 0 aliphatic carbocycles. The largest absolute Gasteiger partial charge is 0.470 e. The molecule has 0 amide bonds. The van der Waals surface area contributed by atoms with Crippen molar-refractivity contribution in [3.63, 3.8) is 0 Å². The number of hydrogen-bond acceptors (Lipinski definition) is 6. The van der Waals surface area contributed by atoms with Crippen LogP contribution in [-0.4, -0.2) is 23.4 Å². The molecule has 1 N–H and O–H groups in total. The van der Waals surface area contributed by atoms with Gasteiger partial charge >= 0.3 is 0 Å². The Labute approximate surface area is 158 Å². The van der Waals surface area contributed by atoms with Gasteiger partial charge in [0.25, 0.3) is 15.9 Å². The molecule has 0 unspecified atom stereocenters. The summed E-state index contributed by atoms with van der Waals surface area (Å²) < 4.78 is 33.4. The number of rotatable bonds is 7. The highest BCUT2D eigenvalue weighted by Gasteiger charge is 2.18. The van der Waals surface area contributed by atoms with Gasteiger partial charge in [0.05, 0.1) is 4.90 Å². The number of benzene rings is 1. The van der Waals surface area contributed by atoms with Crippen LogP contribution in [0.25, 0.3) is 0 Å². The number of aromatic nitrogens is 3. The standard InChI is InChI=1S/C19H20N4O3S/c1-14(2)16-3-5-17(6-4-16)27(24,25)23-18-19(22-12-11-21-18)26-13-15-7-9-20-10-8-15/h3-12,14H,13H2,1-2H3,(H,21,23). The Morgan fingerprint density at radius 3 is 2.30 bits per heavy atom. The first-order valence-electron chi connectivity index (χ1n) is 8.41. The van der Waals surface area contributed by atoms with E-state index in [9.17, 15) is 8.42 Å². The fraction of sp³-hybridized carbons (Fsp3) is 0.211. The van der Waals surface area contributed by atoms with Crippen molar-refractivity contribution in [3.8, 4) is 5.88 Å². The smallest absolute Gasteiger partial charge is 0.263 e. The van der Waals surface area contributed by atoms with E-state index in [0.29, 0.717) is 5.92 Å². The van der Waals surface area contributed by atoms with E-state index in [1.807, 2.05) is 13.8 Å². The first-order valence-corrected chi connectivity index (χ1v) is 9.89. The summed E-state index contributed by atoms with van der Waals surface area (Å²) in [5.74, 6) is 0.471. The molecule has 0 spiro atoms. The zero-order chi connectivity index (χ0) is 19.3. The Kier molecular flexibility index (Phi) is 5.66. The average molecular weight is 384 g/mol. The minimum atomic E-state index is -3.80. The van der Waals surface area contributed by atoms with E-state index in [1.165, 1.54) is 12.4 Å². The molecule has 2 aromatic heterocycles. The summed E-state index contributed by atoms with van der Waals surface area (Å²) in [4.78, 5) is 12.2. The second-order valence-corrected chi connectivity index (χ2v) is 7.87. The van der Waals surface area contributed by atoms with Gasteiger partial charge in [0.1, 0.15) is 6.61 Å². The molecule has 140 valence electrons. The molecule has 0 radical (unpaired) electrons. The first kappa shape index (κ1) is 18.8. The molecule has 0 saturated carbocycles. The van der Waals surface area contributed by atoms with Crippen molar-refractivity contribution in [3.05, 3.63) is 72.3 Å². The van der Waals surface area contributed by atoms with Crippen LogP contribution in [0.5, 0.6) is 5.88 Å². The number of anilines is 1. The van der Waals surface area contributed by atoms with Crippen LogP contribution < -0.4 is 9.46 Å². The number of hydrogen-bond donors (Lipinski definition) is 1. The quantitative estimate of drug-likeness (QED) is 0.671. The third-order valence-corrected chi connectivity index (χ3v) is 5.23. The Morgan fingerprint density at radius 1 is 0.963 bits per heavy atom. The van der Waals surface area contributed by atoms with Gasteiger partial charge in [-0.25, -0.2) is 18.4 Å². The third kappa shape index (κ3) is 4.79. The summed E-state index contributed by atoms with van der Waals surface area (Å²) in [5.41, 5.74) is 1.95. The molecule has 0 aliphatic heterocycles. The van der Waals surface area contributed by atoms with E-state index in [2.05, 4.69) is 19.7 Å². The highest BCUT2D eigenvalue weighted by Crippen LogP contribution is 2.23. The van der Waals surface area contributed by atoms with Crippen molar-refractivity contribution in [2.45, 2.75) is 31.3 Å². The lowest BCUT2D eigenvalue weighted by atomic mass is 10.0. The SMILES string of the molecule is CC(C)c1ccc(S(=O)(=O)Nc2nccnc2OCc2ccncc2)cc1. The van der Waals surface area contributed by atoms with E-state index < -0.39 is 10.0 Å². The predicted molar refractivity (Wildman–Crippen MR) is 102 cm³/mol. The Morgan fingerprint density at radius 2 is 1.63 bits per heavy atom. The van der Waals surface area contributed by atoms with Crippen molar-refractivity contribution >= 4 is 15.8 Å². The van der Waals surface area contributed by atoms with Gasteiger partial charge in [-0.2, -0.15) is 0 Å². The molecule has 2 heterocycles. The lowest BCUT2D eigenvalue weighted by molar-refractivity contribution is 0.294. The number of pyridine rings is 1. The summed E-state index contributed by atoms with van der Waals surface area (Å²) in [6.07, 6.45) is 6.15. The molecule has 7 nitrogen and oxygen atoms in total. The normalized spacial score (nSPS) is 11.4. The maximum atomic E-state index is 12.7. The Bertz CT molecular complexity index is 991. The number of nitrogens with one attached hydrogen (secondary N) is 1. The second-order valence-electron chi connectivity index (χ2n) is 6.18. The third-order valence-electron chi connectivity index (χ3n) is 3.88. The van der Waals surface area contributed by atoms with Crippen molar-refractivity contribution in [1.29, 1.82) is 0 Å². The molecule has 27 heavy (non-hydrogen) atoms. The fourth-order valence-electron chi connectivity index (χ4n) is 2.35. The van der Waals surface area contributed by atoms with Gasteiger partial charge in [0.15, 0.2) is 0 Å². The molecule has 0 atom stereocenters. The molecule has 3 rings (SSSR count). The molecule has 0 fully saturated rings. The zero-order valence-electron chi connectivity index (χ0n) is 15.0. The molecule has 0 aliphatic rings. The maximum Gasteiger partial charge on any atom is 0.263 e. The molecule has 3 aromatic rings. The van der Waals surface area contributed by atoms with Gasteiger partial charge in [0.2, 0.25) is 5.82 Å². The second kappa shape index (κ2) is 8.13. The number of nitrogens with zero attached hydrogens (tertiary/aromatic N) is 3. The van der Waals surface area contributed by atoms with E-state index in [0.717, 1.165) is 11.1 Å². The zero-order valence-corrected chi connectivity index (χ0v) is 15.8. The van der Waals surface area contributed by atoms with Crippen molar-refractivity contribution in [1.82, 2.24) is 15.0 Å². The topological polar surface area (TPSA) is 94.1 Å². The summed E-state index contributed by atoms with van der Waals surface area (Å²) in [6.45, 7) is 4.32. The minimum Gasteiger partial charge on any atom is -0.470 e. The van der Waals surface area contributed by atoms with Crippen LogP contribution in [0.4, 0.5) is 5.82 Å². The van der Waals surface area contributed by atoms with Crippen molar-refractivity contribution in [2.75, 3.05) is 4.72 Å². The van der Waals surface area contributed by atoms with Gasteiger partial charge in [-0.15, -0.1) is 0 Å². The van der Waals surface area contributed by atoms with Gasteiger partial charge in [0, 0.05) is 24.8 Å². The van der Waals surface area contributed by atoms with E-state index in [-0.39, 0.29) is 23.2 Å². The molecular weight excluding hydrogens is 364 g/mol. The summed E-state index contributed by atoms with van der Waals surface area (Å²) in [7, 11) is -3.80. The lowest BCUT2D eigenvalue weighted by Gasteiger charge is -2.12. The fourth-order valence-corrected chi connectivity index (χ4v) is 3.36. The molecule has 0 saturated heterocycles. The van der Waals surface area contributed by atoms with Gasteiger partial charge in [-0.3, -0.25) is 9.71 Å². The maximum absolute atomic E-state index is 12.7. The summed E-state index contributed by atoms with van der Waals surface area (Å²) in [5, 5.41) is 0. The van der Waals surface area contributed by atoms with Crippen LogP contribution in [0, 0.1) is 0 Å². The van der Waals surface area contributed by atoms with E-state index in [1.54, 1.807) is 48.8 Å². The first-order chi connectivity index (χ1) is 13.0. The average Bonchev–Trinajstić information content (AvgIpc) is 2.68. The molecule has 8 heteroatoms. The summed E-state index contributed by atoms with van der Waals surface area (Å²) >= 11 is 0. The molecular formula is C19H20N4O3S. The highest BCUT2D eigenvalue weighted by molar-refractivity contribution is 7.92. The van der Waals surface area contributed by atoms with E-state index in [4.69, 9.17) is 4.74 Å². The van der Waals surface area contributed by atoms with Crippen LogP contribution in [0.2, 0.25) is 0 Å². The lowest BCUT2D eigenvalue weighted by Crippen LogP contribution is -2.15. The monoisotopic (exact) mass is 384 g/mol. The van der Waals surface area contributed by atoms with Crippen molar-refractivity contribution in [2.24, 2.45) is 0 Å². The Hall–Kier alpha value is -3.00. The minimum absolute atomic E-state index is 0.0412. The van der Waals surface area contributed by atoms with Crippen LogP contribution in [0.3, 0.4) is 0 Å². The van der Waals surface area contributed by atoms with Crippen LogP contribution in [-0.2, 0) is 16.6 Å². The van der Waals surface area contributed by atoms with Gasteiger partial charge in [-0.05, 0) is 41.3 Å². The van der Waals surface area contributed by atoms with Crippen LogP contribution >= 0.6 is 0 Å². The number of sulfonamides is 1. The molecule has 0 bridgehead atoms. The van der Waals surface area contributed by atoms with Crippen LogP contribution in [0.15, 0.2) is 66.1 Å². The van der Waals surface area contributed by atoms with Gasteiger partial charge in [-0.1, -0.05) is 26.0 Å². The summed E-state index contributed by atoms with van der Waals surface area (Å²) in [6, 6.07) is 10.4. The predicted octanol–water partition coefficient (Wildman–Crippen LogP) is 3.37. The van der Waals surface area contributed by atoms with Gasteiger partial charge < -0.3 is 4.74 Å². The Balaban J connectivity index is 1.78. The highest BCUT2D eigenvalue weighted by atomic mass is 32.2. The molecule has 1 aromatic carbocycles. The number of ether oxygens (including phenoxy) is 1. The van der Waals surface area contributed by atoms with E-state index >= 15 is 0 Å².